The number of nitro benzene ring substituents is 1. The second kappa shape index (κ2) is 8.12. The molecule has 0 aliphatic rings. The minimum absolute atomic E-state index is 0.0932. The lowest BCUT2D eigenvalue weighted by Gasteiger charge is -2.19. The van der Waals surface area contributed by atoms with Crippen LogP contribution in [0, 0.1) is 21.4 Å². The number of hydrogen-bond acceptors (Lipinski definition) is 5. The van der Waals surface area contributed by atoms with E-state index in [1.165, 1.54) is 6.07 Å². The highest BCUT2D eigenvalue weighted by Gasteiger charge is 2.14. The van der Waals surface area contributed by atoms with Crippen LogP contribution in [-0.2, 0) is 6.54 Å². The van der Waals surface area contributed by atoms with Gasteiger partial charge in [-0.2, -0.15) is 5.26 Å². The zero-order valence-corrected chi connectivity index (χ0v) is 11.9. The SMILES string of the molecule is CCNc1cc(CN(CC)CCC#N)ccc1[N+](=O)[O-]. The average Bonchev–Trinajstić information content (AvgIpc) is 2.43. The van der Waals surface area contributed by atoms with Gasteiger partial charge in [0.1, 0.15) is 5.69 Å². The molecule has 108 valence electrons. The number of nitro groups is 1. The van der Waals surface area contributed by atoms with Crippen molar-refractivity contribution in [1.82, 2.24) is 4.90 Å². The summed E-state index contributed by atoms with van der Waals surface area (Å²) in [4.78, 5) is 12.7. The molecule has 1 aromatic carbocycles. The Morgan fingerprint density at radius 2 is 2.20 bits per heavy atom. The van der Waals surface area contributed by atoms with Gasteiger partial charge >= 0.3 is 0 Å². The second-order valence-corrected chi connectivity index (χ2v) is 4.42. The van der Waals surface area contributed by atoms with Crippen LogP contribution in [0.4, 0.5) is 11.4 Å². The van der Waals surface area contributed by atoms with Crippen LogP contribution in [-0.4, -0.2) is 29.5 Å². The Bertz CT molecular complexity index is 496. The van der Waals surface area contributed by atoms with Crippen molar-refractivity contribution in [2.75, 3.05) is 25.0 Å². The molecule has 0 aliphatic carbocycles. The number of benzene rings is 1. The molecule has 20 heavy (non-hydrogen) atoms. The monoisotopic (exact) mass is 276 g/mol. The Balaban J connectivity index is 2.88. The zero-order valence-electron chi connectivity index (χ0n) is 11.9. The Morgan fingerprint density at radius 3 is 2.75 bits per heavy atom. The molecule has 1 aromatic rings. The summed E-state index contributed by atoms with van der Waals surface area (Å²) in [6, 6.07) is 7.25. The van der Waals surface area contributed by atoms with Crippen LogP contribution in [0.25, 0.3) is 0 Å². The van der Waals surface area contributed by atoms with E-state index >= 15 is 0 Å². The van der Waals surface area contributed by atoms with Crippen molar-refractivity contribution in [1.29, 1.82) is 5.26 Å². The van der Waals surface area contributed by atoms with Gasteiger partial charge in [0.25, 0.3) is 5.69 Å². The maximum absolute atomic E-state index is 10.9. The molecular weight excluding hydrogens is 256 g/mol. The van der Waals surface area contributed by atoms with E-state index < -0.39 is 0 Å². The average molecular weight is 276 g/mol. The van der Waals surface area contributed by atoms with E-state index in [9.17, 15) is 10.1 Å². The highest BCUT2D eigenvalue weighted by Crippen LogP contribution is 2.25. The lowest BCUT2D eigenvalue weighted by Crippen LogP contribution is -2.23. The topological polar surface area (TPSA) is 82.2 Å². The summed E-state index contributed by atoms with van der Waals surface area (Å²) in [6.45, 7) is 6.82. The van der Waals surface area contributed by atoms with E-state index in [-0.39, 0.29) is 10.6 Å². The molecule has 0 saturated heterocycles. The highest BCUT2D eigenvalue weighted by atomic mass is 16.6. The molecule has 6 nitrogen and oxygen atoms in total. The zero-order chi connectivity index (χ0) is 15.0. The van der Waals surface area contributed by atoms with Gasteiger partial charge in [-0.15, -0.1) is 0 Å². The van der Waals surface area contributed by atoms with Crippen molar-refractivity contribution in [3.05, 3.63) is 33.9 Å². The van der Waals surface area contributed by atoms with Crippen molar-refractivity contribution >= 4 is 11.4 Å². The van der Waals surface area contributed by atoms with E-state index in [1.54, 1.807) is 6.07 Å². The maximum atomic E-state index is 10.9. The van der Waals surface area contributed by atoms with Crippen LogP contribution in [0.1, 0.15) is 25.8 Å². The molecule has 0 bridgehead atoms. The maximum Gasteiger partial charge on any atom is 0.292 e. The van der Waals surface area contributed by atoms with Crippen molar-refractivity contribution in [2.24, 2.45) is 0 Å². The molecular formula is C14H20N4O2. The van der Waals surface area contributed by atoms with E-state index in [1.807, 2.05) is 19.9 Å². The smallest absolute Gasteiger partial charge is 0.292 e. The first-order chi connectivity index (χ1) is 9.62. The van der Waals surface area contributed by atoms with Crippen LogP contribution in [0.2, 0.25) is 0 Å². The van der Waals surface area contributed by atoms with Crippen molar-refractivity contribution in [3.63, 3.8) is 0 Å². The number of nitrogens with one attached hydrogen (secondary N) is 1. The normalized spacial score (nSPS) is 10.3. The van der Waals surface area contributed by atoms with Gasteiger partial charge in [0.05, 0.1) is 11.0 Å². The summed E-state index contributed by atoms with van der Waals surface area (Å²) in [5, 5.41) is 22.6. The molecule has 0 amide bonds. The first-order valence-electron chi connectivity index (χ1n) is 6.72. The van der Waals surface area contributed by atoms with Gasteiger partial charge in [-0.1, -0.05) is 13.0 Å². The molecule has 0 unspecified atom stereocenters. The number of nitriles is 1. The molecule has 1 rings (SSSR count). The number of hydrogen-bond donors (Lipinski definition) is 1. The molecule has 0 aliphatic heterocycles. The summed E-state index contributed by atoms with van der Waals surface area (Å²) in [6.07, 6.45) is 0.487. The lowest BCUT2D eigenvalue weighted by atomic mass is 10.1. The predicted octanol–water partition coefficient (Wildman–Crippen LogP) is 2.76. The van der Waals surface area contributed by atoms with Crippen molar-refractivity contribution < 1.29 is 4.92 Å². The number of rotatable bonds is 8. The second-order valence-electron chi connectivity index (χ2n) is 4.42. The summed E-state index contributed by atoms with van der Waals surface area (Å²) in [7, 11) is 0. The van der Waals surface area contributed by atoms with Gasteiger partial charge in [-0.3, -0.25) is 15.0 Å². The summed E-state index contributed by atoms with van der Waals surface area (Å²) >= 11 is 0. The van der Waals surface area contributed by atoms with Crippen LogP contribution in [0.3, 0.4) is 0 Å². The molecule has 0 radical (unpaired) electrons. The quantitative estimate of drug-likeness (QED) is 0.583. The fraction of sp³-hybridized carbons (Fsp3) is 0.500. The van der Waals surface area contributed by atoms with E-state index in [2.05, 4.69) is 16.3 Å². The van der Waals surface area contributed by atoms with Gasteiger partial charge in [-0.05, 0) is 25.1 Å². The number of anilines is 1. The molecule has 0 fully saturated rings. The fourth-order valence-electron chi connectivity index (χ4n) is 1.99. The lowest BCUT2D eigenvalue weighted by molar-refractivity contribution is -0.384. The third-order valence-corrected chi connectivity index (χ3v) is 3.02. The third-order valence-electron chi connectivity index (χ3n) is 3.02. The third kappa shape index (κ3) is 4.52. The van der Waals surface area contributed by atoms with Crippen molar-refractivity contribution in [2.45, 2.75) is 26.8 Å². The Hall–Kier alpha value is -2.13. The van der Waals surface area contributed by atoms with Crippen LogP contribution >= 0.6 is 0 Å². The van der Waals surface area contributed by atoms with E-state index in [4.69, 9.17) is 5.26 Å². The highest BCUT2D eigenvalue weighted by molar-refractivity contribution is 5.62. The molecule has 0 saturated carbocycles. The first kappa shape index (κ1) is 15.9. The molecule has 0 aromatic heterocycles. The fourth-order valence-corrected chi connectivity index (χ4v) is 1.99. The minimum atomic E-state index is -0.380. The minimum Gasteiger partial charge on any atom is -0.380 e. The van der Waals surface area contributed by atoms with Gasteiger partial charge in [-0.25, -0.2) is 0 Å². The molecule has 0 spiro atoms. The van der Waals surface area contributed by atoms with Crippen molar-refractivity contribution in [3.8, 4) is 6.07 Å². The van der Waals surface area contributed by atoms with Crippen LogP contribution < -0.4 is 5.32 Å². The summed E-state index contributed by atoms with van der Waals surface area (Å²) < 4.78 is 0. The predicted molar refractivity (Wildman–Crippen MR) is 78.4 cm³/mol. The summed E-state index contributed by atoms with van der Waals surface area (Å²) in [5.74, 6) is 0. The Kier molecular flexibility index (Phi) is 6.47. The molecule has 6 heteroatoms. The first-order valence-corrected chi connectivity index (χ1v) is 6.72. The van der Waals surface area contributed by atoms with Gasteiger partial charge in [0, 0.05) is 32.1 Å². The Morgan fingerprint density at radius 1 is 1.45 bits per heavy atom. The molecule has 0 atom stereocenters. The van der Waals surface area contributed by atoms with Gasteiger partial charge in [0.2, 0.25) is 0 Å². The van der Waals surface area contributed by atoms with E-state index in [0.717, 1.165) is 12.1 Å². The Labute approximate surface area is 119 Å². The number of nitrogens with zero attached hydrogens (tertiary/aromatic N) is 3. The van der Waals surface area contributed by atoms with Gasteiger partial charge in [0.15, 0.2) is 0 Å². The summed E-state index contributed by atoms with van der Waals surface area (Å²) in [5.41, 5.74) is 1.65. The molecule has 1 N–H and O–H groups in total. The molecule has 0 heterocycles. The van der Waals surface area contributed by atoms with E-state index in [0.29, 0.717) is 31.7 Å². The van der Waals surface area contributed by atoms with Crippen LogP contribution in [0.15, 0.2) is 18.2 Å². The van der Waals surface area contributed by atoms with Gasteiger partial charge < -0.3 is 5.32 Å². The van der Waals surface area contributed by atoms with Crippen LogP contribution in [0.5, 0.6) is 0 Å². The largest absolute Gasteiger partial charge is 0.380 e. The standard InChI is InChI=1S/C14H20N4O2/c1-3-16-13-10-12(6-7-14(13)18(19)20)11-17(4-2)9-5-8-15/h6-7,10,16H,3-5,9,11H2,1-2H3.